The van der Waals surface area contributed by atoms with E-state index in [-0.39, 0.29) is 10.7 Å². The van der Waals surface area contributed by atoms with E-state index in [0.29, 0.717) is 22.8 Å². The average Bonchev–Trinajstić information content (AvgIpc) is 2.61. The van der Waals surface area contributed by atoms with E-state index in [1.165, 1.54) is 31.2 Å². The first-order chi connectivity index (χ1) is 12.3. The van der Waals surface area contributed by atoms with Crippen LogP contribution in [0.4, 0.5) is 5.69 Å². The number of nitrogens with zero attached hydrogens (tertiary/aromatic N) is 2. The van der Waals surface area contributed by atoms with E-state index in [1.54, 1.807) is 37.4 Å². The number of hydrogen-bond acceptors (Lipinski definition) is 5. The third-order valence-corrected chi connectivity index (χ3v) is 5.15. The molecule has 0 aliphatic rings. The van der Waals surface area contributed by atoms with E-state index >= 15 is 0 Å². The Kier molecular flexibility index (Phi) is 4.81. The highest BCUT2D eigenvalue weighted by Gasteiger charge is 2.15. The minimum absolute atomic E-state index is 0.0887. The summed E-state index contributed by atoms with van der Waals surface area (Å²) in [6, 6.07) is 14.6. The first-order valence-electron chi connectivity index (χ1n) is 7.89. The minimum Gasteiger partial charge on any atom is -0.295 e. The topological polar surface area (TPSA) is 89.0 Å². The maximum atomic E-state index is 12.6. The minimum atomic E-state index is -3.76. The molecule has 0 unspecified atom stereocenters. The molecule has 1 heterocycles. The Bertz CT molecular complexity index is 1060. The van der Waals surface area contributed by atoms with Crippen molar-refractivity contribution in [1.82, 2.24) is 9.97 Å². The summed E-state index contributed by atoms with van der Waals surface area (Å²) in [6.45, 7) is 3.23. The number of Topliss-reactive ketones (excluding diaryl/α,β-unsaturated/α-hetero) is 1. The third kappa shape index (κ3) is 3.94. The summed E-state index contributed by atoms with van der Waals surface area (Å²) in [7, 11) is -3.76. The highest BCUT2D eigenvalue weighted by Crippen LogP contribution is 2.23. The van der Waals surface area contributed by atoms with Gasteiger partial charge in [0, 0.05) is 23.0 Å². The van der Waals surface area contributed by atoms with Crippen molar-refractivity contribution in [2.75, 3.05) is 4.72 Å². The molecule has 7 heteroatoms. The average molecular weight is 367 g/mol. The molecule has 1 aromatic heterocycles. The van der Waals surface area contributed by atoms with E-state index in [0.717, 1.165) is 5.56 Å². The van der Waals surface area contributed by atoms with Crippen LogP contribution >= 0.6 is 0 Å². The number of aromatic nitrogens is 2. The number of carbonyl (C=O) groups is 1. The highest BCUT2D eigenvalue weighted by atomic mass is 32.2. The molecule has 0 saturated heterocycles. The predicted molar refractivity (Wildman–Crippen MR) is 99.5 cm³/mol. The molecule has 3 rings (SSSR count). The van der Waals surface area contributed by atoms with E-state index < -0.39 is 10.0 Å². The summed E-state index contributed by atoms with van der Waals surface area (Å²) in [6.07, 6.45) is 1.66. The van der Waals surface area contributed by atoms with Gasteiger partial charge >= 0.3 is 0 Å². The van der Waals surface area contributed by atoms with Gasteiger partial charge in [-0.1, -0.05) is 24.3 Å². The zero-order valence-electron chi connectivity index (χ0n) is 14.3. The maximum absolute atomic E-state index is 12.6. The van der Waals surface area contributed by atoms with Crippen molar-refractivity contribution in [3.63, 3.8) is 0 Å². The van der Waals surface area contributed by atoms with Gasteiger partial charge in [0.2, 0.25) is 0 Å². The molecule has 0 atom stereocenters. The molecule has 0 aliphatic heterocycles. The molecule has 2 aromatic carbocycles. The first kappa shape index (κ1) is 17.8. The number of benzene rings is 2. The molecular formula is C19H17N3O3S. The Labute approximate surface area is 152 Å². The molecule has 0 bridgehead atoms. The van der Waals surface area contributed by atoms with E-state index in [4.69, 9.17) is 0 Å². The van der Waals surface area contributed by atoms with Crippen molar-refractivity contribution in [3.8, 4) is 11.3 Å². The second-order valence-corrected chi connectivity index (χ2v) is 7.44. The number of rotatable bonds is 5. The molecule has 1 N–H and O–H groups in total. The van der Waals surface area contributed by atoms with Gasteiger partial charge in [-0.25, -0.2) is 18.4 Å². The smallest absolute Gasteiger partial charge is 0.261 e. The molecule has 132 valence electrons. The largest absolute Gasteiger partial charge is 0.295 e. The Morgan fingerprint density at radius 3 is 2.42 bits per heavy atom. The summed E-state index contributed by atoms with van der Waals surface area (Å²) in [5.74, 6) is 0.522. The number of sulfonamides is 1. The van der Waals surface area contributed by atoms with E-state index in [9.17, 15) is 13.2 Å². The molecule has 0 amide bonds. The summed E-state index contributed by atoms with van der Waals surface area (Å²) >= 11 is 0. The molecule has 6 nitrogen and oxygen atoms in total. The first-order valence-corrected chi connectivity index (χ1v) is 9.37. The van der Waals surface area contributed by atoms with Crippen molar-refractivity contribution in [2.24, 2.45) is 0 Å². The second kappa shape index (κ2) is 7.05. The summed E-state index contributed by atoms with van der Waals surface area (Å²) in [5, 5.41) is 0. The normalized spacial score (nSPS) is 11.2. The van der Waals surface area contributed by atoms with Crippen LogP contribution in [0.15, 0.2) is 65.7 Å². The van der Waals surface area contributed by atoms with E-state index in [2.05, 4.69) is 14.7 Å². The van der Waals surface area contributed by atoms with Crippen molar-refractivity contribution in [2.45, 2.75) is 18.7 Å². The summed E-state index contributed by atoms with van der Waals surface area (Å²) < 4.78 is 27.7. The molecule has 0 aliphatic carbocycles. The van der Waals surface area contributed by atoms with Crippen LogP contribution < -0.4 is 4.72 Å². The quantitative estimate of drug-likeness (QED) is 0.698. The van der Waals surface area contributed by atoms with Crippen LogP contribution in [0.1, 0.15) is 23.1 Å². The van der Waals surface area contributed by atoms with Gasteiger partial charge in [-0.05, 0) is 44.2 Å². The summed E-state index contributed by atoms with van der Waals surface area (Å²) in [5.41, 5.74) is 2.38. The van der Waals surface area contributed by atoms with Crippen molar-refractivity contribution in [3.05, 3.63) is 72.2 Å². The van der Waals surface area contributed by atoms with Crippen molar-refractivity contribution >= 4 is 21.5 Å². The monoisotopic (exact) mass is 367 g/mol. The number of carbonyl (C=O) groups excluding carboxylic acids is 1. The fourth-order valence-corrected chi connectivity index (χ4v) is 3.49. The maximum Gasteiger partial charge on any atom is 0.261 e. The fraction of sp³-hybridized carbons (Fsp3) is 0.105. The molecule has 0 spiro atoms. The third-order valence-electron chi connectivity index (χ3n) is 3.76. The van der Waals surface area contributed by atoms with Gasteiger partial charge in [-0.15, -0.1) is 0 Å². The van der Waals surface area contributed by atoms with Crippen LogP contribution in [0.25, 0.3) is 11.3 Å². The molecule has 0 radical (unpaired) electrons. The lowest BCUT2D eigenvalue weighted by molar-refractivity contribution is 0.101. The number of ketones is 1. The molecule has 0 fully saturated rings. The number of aryl methyl sites for hydroxylation is 1. The van der Waals surface area contributed by atoms with Crippen LogP contribution in [0.5, 0.6) is 0 Å². The predicted octanol–water partition coefficient (Wildman–Crippen LogP) is 3.46. The fourth-order valence-electron chi connectivity index (χ4n) is 2.44. The molecule has 0 saturated carbocycles. The number of nitrogens with one attached hydrogen (secondary N) is 1. The van der Waals surface area contributed by atoms with Gasteiger partial charge in [-0.2, -0.15) is 0 Å². The lowest BCUT2D eigenvalue weighted by atomic mass is 10.1. The Balaban J connectivity index is 1.88. The van der Waals surface area contributed by atoms with Gasteiger partial charge in [-0.3, -0.25) is 9.52 Å². The zero-order valence-corrected chi connectivity index (χ0v) is 15.1. The zero-order chi connectivity index (χ0) is 18.7. The van der Waals surface area contributed by atoms with Gasteiger partial charge in [0.25, 0.3) is 10.0 Å². The second-order valence-electron chi connectivity index (χ2n) is 5.76. The Morgan fingerprint density at radius 1 is 1.04 bits per heavy atom. The van der Waals surface area contributed by atoms with Crippen LogP contribution in [-0.2, 0) is 10.0 Å². The highest BCUT2D eigenvalue weighted by molar-refractivity contribution is 7.92. The molecular weight excluding hydrogens is 350 g/mol. The van der Waals surface area contributed by atoms with Crippen LogP contribution in [0, 0.1) is 6.92 Å². The lowest BCUT2D eigenvalue weighted by Crippen LogP contribution is -2.13. The SMILES string of the molecule is CC(=O)c1ccc(S(=O)(=O)Nc2cccc(-c3ccnc(C)n3)c2)cc1. The standard InChI is InChI=1S/C19H17N3O3S/c1-13(23)15-6-8-18(9-7-15)26(24,25)22-17-5-3-4-16(12-17)19-10-11-20-14(2)21-19/h3-12,22H,1-2H3. The summed E-state index contributed by atoms with van der Waals surface area (Å²) in [4.78, 5) is 19.8. The van der Waals surface area contributed by atoms with Crippen molar-refractivity contribution < 1.29 is 13.2 Å². The Hall–Kier alpha value is -3.06. The van der Waals surface area contributed by atoms with Crippen LogP contribution in [0.3, 0.4) is 0 Å². The van der Waals surface area contributed by atoms with Crippen molar-refractivity contribution in [1.29, 1.82) is 0 Å². The number of hydrogen-bond donors (Lipinski definition) is 1. The Morgan fingerprint density at radius 2 is 1.77 bits per heavy atom. The van der Waals surface area contributed by atoms with Gasteiger partial charge in [0.05, 0.1) is 10.6 Å². The number of anilines is 1. The molecule has 3 aromatic rings. The van der Waals surface area contributed by atoms with Gasteiger partial charge in [0.1, 0.15) is 5.82 Å². The lowest BCUT2D eigenvalue weighted by Gasteiger charge is -2.10. The van der Waals surface area contributed by atoms with E-state index in [1.807, 2.05) is 6.07 Å². The van der Waals surface area contributed by atoms with Crippen LogP contribution in [0.2, 0.25) is 0 Å². The molecule has 26 heavy (non-hydrogen) atoms. The van der Waals surface area contributed by atoms with Gasteiger partial charge < -0.3 is 0 Å². The van der Waals surface area contributed by atoms with Gasteiger partial charge in [0.15, 0.2) is 5.78 Å². The van der Waals surface area contributed by atoms with Crippen LogP contribution in [-0.4, -0.2) is 24.2 Å².